The molecule has 0 amide bonds. The van der Waals surface area contributed by atoms with Crippen molar-refractivity contribution in [1.82, 2.24) is 0 Å². The first kappa shape index (κ1) is 11.0. The van der Waals surface area contributed by atoms with E-state index in [9.17, 15) is 14.0 Å². The van der Waals surface area contributed by atoms with Crippen molar-refractivity contribution in [2.24, 2.45) is 0 Å². The van der Waals surface area contributed by atoms with Gasteiger partial charge in [-0.1, -0.05) is 12.1 Å². The first-order chi connectivity index (χ1) is 7.48. The third kappa shape index (κ3) is 1.46. The second kappa shape index (κ2) is 3.49. The number of carbonyl (C=O) groups is 2. The van der Waals surface area contributed by atoms with Crippen molar-refractivity contribution in [3.05, 3.63) is 35.6 Å². The van der Waals surface area contributed by atoms with Gasteiger partial charge in [0.05, 0.1) is 0 Å². The summed E-state index contributed by atoms with van der Waals surface area (Å²) in [5, 5.41) is 0. The molecule has 0 aliphatic carbocycles. The lowest BCUT2D eigenvalue weighted by Gasteiger charge is -2.03. The minimum atomic E-state index is -1.34. The highest BCUT2D eigenvalue weighted by Crippen LogP contribution is 2.50. The average molecular weight is 222 g/mol. The zero-order valence-corrected chi connectivity index (χ0v) is 8.99. The van der Waals surface area contributed by atoms with Crippen LogP contribution in [0.1, 0.15) is 25.5 Å². The number of epoxide rings is 1. The van der Waals surface area contributed by atoms with Gasteiger partial charge in [0.25, 0.3) is 0 Å². The van der Waals surface area contributed by atoms with Crippen molar-refractivity contribution in [1.29, 1.82) is 0 Å². The Bertz CT molecular complexity index is 436. The average Bonchev–Trinajstić information content (AvgIpc) is 2.95. The van der Waals surface area contributed by atoms with E-state index in [1.807, 2.05) is 0 Å². The molecule has 0 aromatic heterocycles. The fraction of sp³-hybridized carbons (Fsp3) is 0.333. The molecule has 1 aromatic carbocycles. The maximum atomic E-state index is 12.7. The van der Waals surface area contributed by atoms with Crippen LogP contribution in [-0.4, -0.2) is 17.2 Å². The quantitative estimate of drug-likeness (QED) is 0.578. The Labute approximate surface area is 92.2 Å². The lowest BCUT2D eigenvalue weighted by molar-refractivity contribution is -0.132. The zero-order chi connectivity index (χ0) is 11.9. The Morgan fingerprint density at radius 1 is 1.19 bits per heavy atom. The fourth-order valence-corrected chi connectivity index (χ4v) is 1.88. The molecule has 0 radical (unpaired) electrons. The summed E-state index contributed by atoms with van der Waals surface area (Å²) in [5.41, 5.74) is -0.690. The predicted octanol–water partition coefficient (Wildman–Crippen LogP) is 1.81. The highest BCUT2D eigenvalue weighted by atomic mass is 19.1. The molecule has 4 heteroatoms. The van der Waals surface area contributed by atoms with Crippen LogP contribution in [0.4, 0.5) is 4.39 Å². The molecule has 2 rings (SSSR count). The van der Waals surface area contributed by atoms with Crippen LogP contribution in [0.15, 0.2) is 24.3 Å². The van der Waals surface area contributed by atoms with Crippen molar-refractivity contribution >= 4 is 11.6 Å². The Morgan fingerprint density at radius 2 is 1.69 bits per heavy atom. The van der Waals surface area contributed by atoms with Gasteiger partial charge in [0.1, 0.15) is 11.9 Å². The van der Waals surface area contributed by atoms with Crippen molar-refractivity contribution in [3.8, 4) is 0 Å². The maximum Gasteiger partial charge on any atom is 0.214 e. The number of ether oxygens (including phenoxy) is 1. The second-order valence-corrected chi connectivity index (χ2v) is 3.90. The lowest BCUT2D eigenvalue weighted by atomic mass is 9.92. The summed E-state index contributed by atoms with van der Waals surface area (Å²) in [5.74, 6) is -0.982. The number of halogens is 1. The molecule has 1 aliphatic rings. The summed E-state index contributed by atoms with van der Waals surface area (Å²) < 4.78 is 17.9. The number of carbonyl (C=O) groups excluding carboxylic acids is 2. The number of hydrogen-bond acceptors (Lipinski definition) is 3. The van der Waals surface area contributed by atoms with Crippen LogP contribution in [0.25, 0.3) is 0 Å². The third-order valence-corrected chi connectivity index (χ3v) is 2.83. The maximum absolute atomic E-state index is 12.7. The van der Waals surface area contributed by atoms with Gasteiger partial charge in [-0.15, -0.1) is 0 Å². The van der Waals surface area contributed by atoms with Crippen LogP contribution >= 0.6 is 0 Å². The van der Waals surface area contributed by atoms with Crippen molar-refractivity contribution in [2.45, 2.75) is 25.6 Å². The summed E-state index contributed by atoms with van der Waals surface area (Å²) >= 11 is 0. The molecule has 1 saturated heterocycles. The Hall–Kier alpha value is -1.55. The number of hydrogen-bond donors (Lipinski definition) is 0. The van der Waals surface area contributed by atoms with Gasteiger partial charge in [0, 0.05) is 0 Å². The molecule has 1 heterocycles. The van der Waals surface area contributed by atoms with Gasteiger partial charge in [0.2, 0.25) is 5.60 Å². The molecule has 1 unspecified atom stereocenters. The highest BCUT2D eigenvalue weighted by molar-refractivity contribution is 6.12. The minimum Gasteiger partial charge on any atom is -0.344 e. The van der Waals surface area contributed by atoms with E-state index in [1.165, 1.54) is 38.1 Å². The molecule has 0 N–H and O–H groups in total. The van der Waals surface area contributed by atoms with Crippen LogP contribution in [0.5, 0.6) is 0 Å². The summed E-state index contributed by atoms with van der Waals surface area (Å²) in [7, 11) is 0. The molecular formula is C12H11FO3. The van der Waals surface area contributed by atoms with E-state index in [0.29, 0.717) is 5.56 Å². The number of ketones is 2. The Morgan fingerprint density at radius 3 is 2.06 bits per heavy atom. The van der Waals surface area contributed by atoms with Gasteiger partial charge in [-0.2, -0.15) is 0 Å². The number of Topliss-reactive ketones (excluding diaryl/α,β-unsaturated/α-hetero) is 2. The molecule has 0 bridgehead atoms. The smallest absolute Gasteiger partial charge is 0.214 e. The van der Waals surface area contributed by atoms with E-state index >= 15 is 0 Å². The van der Waals surface area contributed by atoms with Crippen LogP contribution < -0.4 is 0 Å². The van der Waals surface area contributed by atoms with E-state index in [0.717, 1.165) is 0 Å². The first-order valence-corrected chi connectivity index (χ1v) is 4.94. The van der Waals surface area contributed by atoms with E-state index in [4.69, 9.17) is 4.74 Å². The minimum absolute atomic E-state index is 0.311. The van der Waals surface area contributed by atoms with E-state index in [2.05, 4.69) is 0 Å². The fourth-order valence-electron chi connectivity index (χ4n) is 1.88. The number of benzene rings is 1. The Balaban J connectivity index is 2.30. The zero-order valence-electron chi connectivity index (χ0n) is 8.99. The summed E-state index contributed by atoms with van der Waals surface area (Å²) in [6.07, 6.45) is -0.567. The van der Waals surface area contributed by atoms with Gasteiger partial charge in [0.15, 0.2) is 11.6 Å². The van der Waals surface area contributed by atoms with Gasteiger partial charge >= 0.3 is 0 Å². The summed E-state index contributed by atoms with van der Waals surface area (Å²) in [6, 6.07) is 5.60. The largest absolute Gasteiger partial charge is 0.344 e. The van der Waals surface area contributed by atoms with Crippen LogP contribution in [0.3, 0.4) is 0 Å². The molecule has 1 aliphatic heterocycles. The molecule has 1 fully saturated rings. The van der Waals surface area contributed by atoms with E-state index < -0.39 is 11.7 Å². The summed E-state index contributed by atoms with van der Waals surface area (Å²) in [6.45, 7) is 2.65. The van der Waals surface area contributed by atoms with Gasteiger partial charge < -0.3 is 4.74 Å². The van der Waals surface area contributed by atoms with Crippen molar-refractivity contribution < 1.29 is 18.7 Å². The SMILES string of the molecule is CC(=O)C1(C(C)=O)OC1c1ccc(F)cc1. The highest BCUT2D eigenvalue weighted by Gasteiger charge is 2.65. The Kier molecular flexibility index (Phi) is 2.39. The molecule has 0 spiro atoms. The van der Waals surface area contributed by atoms with E-state index in [-0.39, 0.29) is 17.4 Å². The van der Waals surface area contributed by atoms with E-state index in [1.54, 1.807) is 0 Å². The predicted molar refractivity (Wildman–Crippen MR) is 54.3 cm³/mol. The first-order valence-electron chi connectivity index (χ1n) is 4.94. The van der Waals surface area contributed by atoms with Crippen LogP contribution in [0.2, 0.25) is 0 Å². The molecular weight excluding hydrogens is 211 g/mol. The molecule has 16 heavy (non-hydrogen) atoms. The molecule has 3 nitrogen and oxygen atoms in total. The lowest BCUT2D eigenvalue weighted by Crippen LogP contribution is -2.31. The molecule has 1 atom stereocenters. The topological polar surface area (TPSA) is 46.7 Å². The van der Waals surface area contributed by atoms with Gasteiger partial charge in [-0.05, 0) is 31.5 Å². The van der Waals surface area contributed by atoms with Crippen LogP contribution in [-0.2, 0) is 14.3 Å². The third-order valence-electron chi connectivity index (χ3n) is 2.83. The molecule has 84 valence electrons. The molecule has 0 saturated carbocycles. The summed E-state index contributed by atoms with van der Waals surface area (Å²) in [4.78, 5) is 22.8. The second-order valence-electron chi connectivity index (χ2n) is 3.90. The monoisotopic (exact) mass is 222 g/mol. The van der Waals surface area contributed by atoms with Crippen molar-refractivity contribution in [2.75, 3.05) is 0 Å². The molecule has 1 aromatic rings. The van der Waals surface area contributed by atoms with Crippen molar-refractivity contribution in [3.63, 3.8) is 0 Å². The van der Waals surface area contributed by atoms with Gasteiger partial charge in [-0.25, -0.2) is 4.39 Å². The van der Waals surface area contributed by atoms with Crippen LogP contribution in [0, 0.1) is 5.82 Å². The normalized spacial score (nSPS) is 21.6. The number of rotatable bonds is 3. The standard InChI is InChI=1S/C12H11FO3/c1-7(14)12(8(2)15)11(16-12)9-3-5-10(13)6-4-9/h3-6,11H,1-2H3. The van der Waals surface area contributed by atoms with Gasteiger partial charge in [-0.3, -0.25) is 9.59 Å².